The fourth-order valence-electron chi connectivity index (χ4n) is 2.26. The van der Waals surface area contributed by atoms with E-state index in [1.165, 1.54) is 51.4 Å². The quantitative estimate of drug-likeness (QED) is 0.411. The third kappa shape index (κ3) is 8.96. The fraction of sp³-hybridized carbons (Fsp3) is 0.933. The molecule has 0 aliphatic heterocycles. The number of unbranched alkanes of at least 4 members (excludes halogenated alkanes) is 3. The van der Waals surface area contributed by atoms with Gasteiger partial charge in [-0.25, -0.2) is 0 Å². The molecule has 0 amide bonds. The van der Waals surface area contributed by atoms with E-state index >= 15 is 0 Å². The van der Waals surface area contributed by atoms with Crippen molar-refractivity contribution >= 4 is 0 Å². The van der Waals surface area contributed by atoms with Gasteiger partial charge in [0.25, 0.3) is 0 Å². The maximum Gasteiger partial charge on any atom is -0.0327 e. The molecule has 0 saturated carbocycles. The lowest BCUT2D eigenvalue weighted by Crippen LogP contribution is -2.06. The molecule has 2 unspecified atom stereocenters. The summed E-state index contributed by atoms with van der Waals surface area (Å²) in [4.78, 5) is 0. The van der Waals surface area contributed by atoms with Crippen LogP contribution in [0.25, 0.3) is 0 Å². The molecule has 1 radical (unpaired) electrons. The summed E-state index contributed by atoms with van der Waals surface area (Å²) in [6.45, 7) is 9.29. The molecule has 0 heterocycles. The molecule has 0 aliphatic carbocycles. The van der Waals surface area contributed by atoms with Crippen LogP contribution in [0, 0.1) is 18.3 Å². The van der Waals surface area contributed by atoms with Crippen molar-refractivity contribution in [3.63, 3.8) is 0 Å². The van der Waals surface area contributed by atoms with Gasteiger partial charge in [-0.3, -0.25) is 0 Å². The van der Waals surface area contributed by atoms with Crippen molar-refractivity contribution < 1.29 is 0 Å². The van der Waals surface area contributed by atoms with Crippen molar-refractivity contribution in [2.45, 2.75) is 79.1 Å². The molecule has 0 N–H and O–H groups in total. The summed E-state index contributed by atoms with van der Waals surface area (Å²) in [7, 11) is 0. The lowest BCUT2D eigenvalue weighted by molar-refractivity contribution is 0.436. The Morgan fingerprint density at radius 3 is 2.13 bits per heavy atom. The zero-order valence-electron chi connectivity index (χ0n) is 11.4. The van der Waals surface area contributed by atoms with Gasteiger partial charge in [0.2, 0.25) is 0 Å². The highest BCUT2D eigenvalue weighted by Gasteiger charge is 2.10. The van der Waals surface area contributed by atoms with Gasteiger partial charge >= 0.3 is 0 Å². The minimum Gasteiger partial charge on any atom is -0.0654 e. The van der Waals surface area contributed by atoms with E-state index in [9.17, 15) is 0 Å². The molecule has 2 atom stereocenters. The first-order valence-electron chi connectivity index (χ1n) is 7.09. The number of rotatable bonds is 10. The van der Waals surface area contributed by atoms with E-state index in [0.717, 1.165) is 11.8 Å². The highest BCUT2D eigenvalue weighted by Crippen LogP contribution is 2.23. The van der Waals surface area contributed by atoms with Crippen LogP contribution in [0.3, 0.4) is 0 Å². The second kappa shape index (κ2) is 10.5. The third-order valence-electron chi connectivity index (χ3n) is 3.30. The summed E-state index contributed by atoms with van der Waals surface area (Å²) in [5.74, 6) is 1.70. The van der Waals surface area contributed by atoms with E-state index in [-0.39, 0.29) is 0 Å². The summed E-state index contributed by atoms with van der Waals surface area (Å²) in [5, 5.41) is 0. The maximum atomic E-state index is 2.61. The summed E-state index contributed by atoms with van der Waals surface area (Å²) < 4.78 is 0. The van der Waals surface area contributed by atoms with E-state index in [1.54, 1.807) is 0 Å². The highest BCUT2D eigenvalue weighted by molar-refractivity contribution is 4.80. The summed E-state index contributed by atoms with van der Waals surface area (Å²) in [6, 6.07) is 0. The molecule has 0 aromatic carbocycles. The first-order valence-corrected chi connectivity index (χ1v) is 7.09. The Morgan fingerprint density at radius 2 is 1.60 bits per heavy atom. The molecular weight excluding hydrogens is 180 g/mol. The maximum absolute atomic E-state index is 2.61. The summed E-state index contributed by atoms with van der Waals surface area (Å²) in [6.07, 6.45) is 13.7. The highest BCUT2D eigenvalue weighted by atomic mass is 14.2. The standard InChI is InChI=1S/C15H31/c1-5-8-9-10-12-14(4)13-15(7-3)11-6-2/h13-15H,5-12H2,1-4H3. The minimum atomic E-state index is 0.832. The number of hydrogen-bond donors (Lipinski definition) is 0. The number of hydrogen-bond acceptors (Lipinski definition) is 0. The van der Waals surface area contributed by atoms with E-state index < -0.39 is 0 Å². The lowest BCUT2D eigenvalue weighted by Gasteiger charge is -2.18. The summed E-state index contributed by atoms with van der Waals surface area (Å²) >= 11 is 0. The van der Waals surface area contributed by atoms with Gasteiger partial charge in [-0.15, -0.1) is 0 Å². The molecule has 0 heteroatoms. The van der Waals surface area contributed by atoms with Gasteiger partial charge in [0.15, 0.2) is 0 Å². The van der Waals surface area contributed by atoms with Crippen molar-refractivity contribution in [1.29, 1.82) is 0 Å². The van der Waals surface area contributed by atoms with Gasteiger partial charge in [-0.05, 0) is 18.3 Å². The first kappa shape index (κ1) is 15.0. The van der Waals surface area contributed by atoms with E-state index in [0.29, 0.717) is 0 Å². The molecule has 0 aliphatic rings. The molecule has 15 heavy (non-hydrogen) atoms. The Bertz CT molecular complexity index is 117. The lowest BCUT2D eigenvalue weighted by atomic mass is 9.87. The van der Waals surface area contributed by atoms with Gasteiger partial charge in [0.1, 0.15) is 0 Å². The van der Waals surface area contributed by atoms with Crippen LogP contribution in [0.15, 0.2) is 0 Å². The van der Waals surface area contributed by atoms with Crippen molar-refractivity contribution in [2.24, 2.45) is 11.8 Å². The second-order valence-electron chi connectivity index (χ2n) is 4.98. The smallest absolute Gasteiger partial charge is 0.0327 e. The van der Waals surface area contributed by atoms with Gasteiger partial charge in [-0.2, -0.15) is 0 Å². The van der Waals surface area contributed by atoms with E-state index in [2.05, 4.69) is 34.1 Å². The summed E-state index contributed by atoms with van der Waals surface area (Å²) in [5.41, 5.74) is 0. The van der Waals surface area contributed by atoms with Gasteiger partial charge in [0, 0.05) is 0 Å². The van der Waals surface area contributed by atoms with Crippen molar-refractivity contribution in [3.05, 3.63) is 6.42 Å². The SMILES string of the molecule is CCCCCCC(C)[CH]C(CC)CCC. The average Bonchev–Trinajstić information content (AvgIpc) is 2.24. The molecule has 0 rings (SSSR count). The molecule has 0 spiro atoms. The Morgan fingerprint density at radius 1 is 0.867 bits per heavy atom. The van der Waals surface area contributed by atoms with Crippen LogP contribution in [0.2, 0.25) is 0 Å². The average molecular weight is 211 g/mol. The largest absolute Gasteiger partial charge is 0.0654 e. The molecular formula is C15H31. The zero-order valence-corrected chi connectivity index (χ0v) is 11.4. The Balaban J connectivity index is 3.47. The molecule has 0 fully saturated rings. The fourth-order valence-corrected chi connectivity index (χ4v) is 2.26. The molecule has 0 bridgehead atoms. The minimum absolute atomic E-state index is 0.832. The van der Waals surface area contributed by atoms with E-state index in [1.807, 2.05) is 0 Å². The van der Waals surface area contributed by atoms with Crippen LogP contribution >= 0.6 is 0 Å². The zero-order chi connectivity index (χ0) is 11.5. The molecule has 0 saturated heterocycles. The first-order chi connectivity index (χ1) is 7.24. The van der Waals surface area contributed by atoms with Crippen LogP contribution in [0.1, 0.15) is 79.1 Å². The van der Waals surface area contributed by atoms with Crippen molar-refractivity contribution in [1.82, 2.24) is 0 Å². The monoisotopic (exact) mass is 211 g/mol. The van der Waals surface area contributed by atoms with Crippen LogP contribution in [-0.2, 0) is 0 Å². The van der Waals surface area contributed by atoms with Gasteiger partial charge in [-0.1, -0.05) is 79.1 Å². The van der Waals surface area contributed by atoms with Crippen LogP contribution in [0.4, 0.5) is 0 Å². The van der Waals surface area contributed by atoms with Gasteiger partial charge < -0.3 is 0 Å². The molecule has 0 nitrogen and oxygen atoms in total. The molecule has 0 aromatic rings. The van der Waals surface area contributed by atoms with Crippen LogP contribution < -0.4 is 0 Å². The molecule has 0 aromatic heterocycles. The molecule has 91 valence electrons. The second-order valence-corrected chi connectivity index (χ2v) is 4.98. The van der Waals surface area contributed by atoms with Crippen molar-refractivity contribution in [3.8, 4) is 0 Å². The Labute approximate surface area is 97.8 Å². The van der Waals surface area contributed by atoms with Crippen molar-refractivity contribution in [2.75, 3.05) is 0 Å². The van der Waals surface area contributed by atoms with Crippen LogP contribution in [0.5, 0.6) is 0 Å². The normalized spacial score (nSPS) is 15.2. The predicted molar refractivity (Wildman–Crippen MR) is 70.9 cm³/mol. The Hall–Kier alpha value is 0. The van der Waals surface area contributed by atoms with Gasteiger partial charge in [0.05, 0.1) is 0 Å². The topological polar surface area (TPSA) is 0 Å². The predicted octanol–water partition coefficient (Wildman–Crippen LogP) is 5.62. The Kier molecular flexibility index (Phi) is 10.5. The third-order valence-corrected chi connectivity index (χ3v) is 3.30. The van der Waals surface area contributed by atoms with E-state index in [4.69, 9.17) is 0 Å². The van der Waals surface area contributed by atoms with Crippen LogP contribution in [-0.4, -0.2) is 0 Å².